The minimum absolute atomic E-state index is 0.555. The molecular formula is C15H15ClN4. The van der Waals surface area contributed by atoms with Crippen LogP contribution in [0.2, 0.25) is 5.02 Å². The standard InChI is InChI=1S/C15H15ClN4/c1-9-6-11(10-4-5-20(3)13(10)7-9)14-12(16)8-18-15(17-2)19-14/h4-8H,1-3H3,(H,17,18,19). The van der Waals surface area contributed by atoms with Gasteiger partial charge in [-0.15, -0.1) is 0 Å². The number of rotatable bonds is 2. The monoisotopic (exact) mass is 286 g/mol. The summed E-state index contributed by atoms with van der Waals surface area (Å²) in [7, 11) is 3.83. The van der Waals surface area contributed by atoms with Gasteiger partial charge in [-0.25, -0.2) is 9.97 Å². The number of aromatic nitrogens is 3. The van der Waals surface area contributed by atoms with E-state index in [1.165, 1.54) is 11.1 Å². The average molecular weight is 287 g/mol. The van der Waals surface area contributed by atoms with Crippen LogP contribution in [0.25, 0.3) is 22.2 Å². The van der Waals surface area contributed by atoms with Crippen LogP contribution < -0.4 is 5.32 Å². The van der Waals surface area contributed by atoms with E-state index >= 15 is 0 Å². The number of fused-ring (bicyclic) bond motifs is 1. The topological polar surface area (TPSA) is 42.7 Å². The Bertz CT molecular complexity index is 792. The van der Waals surface area contributed by atoms with Crippen LogP contribution in [0.3, 0.4) is 0 Å². The summed E-state index contributed by atoms with van der Waals surface area (Å²) in [5.41, 5.74) is 4.13. The molecule has 2 heterocycles. The number of halogens is 1. The first-order valence-corrected chi connectivity index (χ1v) is 6.74. The largest absolute Gasteiger partial charge is 0.357 e. The number of nitrogens with one attached hydrogen (secondary N) is 1. The summed E-state index contributed by atoms with van der Waals surface area (Å²) in [6, 6.07) is 6.35. The van der Waals surface area contributed by atoms with Gasteiger partial charge < -0.3 is 9.88 Å². The van der Waals surface area contributed by atoms with E-state index in [0.29, 0.717) is 11.0 Å². The second-order valence-electron chi connectivity index (χ2n) is 4.81. The third kappa shape index (κ3) is 2.02. The van der Waals surface area contributed by atoms with Gasteiger partial charge in [0.25, 0.3) is 0 Å². The molecule has 3 rings (SSSR count). The van der Waals surface area contributed by atoms with E-state index in [2.05, 4.69) is 45.0 Å². The molecule has 0 saturated heterocycles. The van der Waals surface area contributed by atoms with Crippen molar-refractivity contribution >= 4 is 28.5 Å². The first-order valence-electron chi connectivity index (χ1n) is 6.36. The summed E-state index contributed by atoms with van der Waals surface area (Å²) in [4.78, 5) is 8.63. The number of hydrogen-bond donors (Lipinski definition) is 1. The molecule has 0 aliphatic heterocycles. The number of anilines is 1. The van der Waals surface area contributed by atoms with Crippen LogP contribution in [0.1, 0.15) is 5.56 Å². The molecule has 0 aliphatic carbocycles. The molecule has 20 heavy (non-hydrogen) atoms. The Morgan fingerprint density at radius 3 is 2.85 bits per heavy atom. The maximum atomic E-state index is 6.29. The zero-order valence-corrected chi connectivity index (χ0v) is 12.4. The van der Waals surface area contributed by atoms with Crippen molar-refractivity contribution < 1.29 is 0 Å². The summed E-state index contributed by atoms with van der Waals surface area (Å²) < 4.78 is 2.10. The second kappa shape index (κ2) is 4.80. The van der Waals surface area contributed by atoms with Gasteiger partial charge in [0.05, 0.1) is 16.9 Å². The van der Waals surface area contributed by atoms with Crippen molar-refractivity contribution in [3.05, 3.63) is 41.2 Å². The zero-order valence-electron chi connectivity index (χ0n) is 11.6. The van der Waals surface area contributed by atoms with Crippen LogP contribution in [0, 0.1) is 6.92 Å². The Balaban J connectivity index is 2.34. The number of benzene rings is 1. The lowest BCUT2D eigenvalue weighted by atomic mass is 10.0. The van der Waals surface area contributed by atoms with Crippen molar-refractivity contribution in [2.45, 2.75) is 6.92 Å². The number of aryl methyl sites for hydroxylation is 2. The molecule has 0 spiro atoms. The average Bonchev–Trinajstić information content (AvgIpc) is 2.80. The lowest BCUT2D eigenvalue weighted by Gasteiger charge is -2.09. The maximum absolute atomic E-state index is 6.29. The molecule has 0 saturated carbocycles. The van der Waals surface area contributed by atoms with E-state index in [1.54, 1.807) is 13.2 Å². The van der Waals surface area contributed by atoms with Crippen LogP contribution in [-0.4, -0.2) is 21.6 Å². The lowest BCUT2D eigenvalue weighted by molar-refractivity contribution is 0.968. The Morgan fingerprint density at radius 1 is 1.30 bits per heavy atom. The first kappa shape index (κ1) is 12.9. The number of nitrogens with zero attached hydrogens (tertiary/aromatic N) is 3. The van der Waals surface area contributed by atoms with E-state index in [0.717, 1.165) is 16.6 Å². The van der Waals surface area contributed by atoms with Crippen molar-refractivity contribution in [3.63, 3.8) is 0 Å². The van der Waals surface area contributed by atoms with Gasteiger partial charge in [0, 0.05) is 36.8 Å². The van der Waals surface area contributed by atoms with Crippen LogP contribution in [0.15, 0.2) is 30.6 Å². The van der Waals surface area contributed by atoms with E-state index in [1.807, 2.05) is 13.2 Å². The first-order chi connectivity index (χ1) is 9.60. The predicted molar refractivity (Wildman–Crippen MR) is 83.2 cm³/mol. The van der Waals surface area contributed by atoms with Gasteiger partial charge in [0.2, 0.25) is 5.95 Å². The van der Waals surface area contributed by atoms with E-state index in [9.17, 15) is 0 Å². The quantitative estimate of drug-likeness (QED) is 0.782. The highest BCUT2D eigenvalue weighted by Crippen LogP contribution is 2.33. The lowest BCUT2D eigenvalue weighted by Crippen LogP contribution is -1.98. The normalized spacial score (nSPS) is 11.0. The van der Waals surface area contributed by atoms with Gasteiger partial charge in [-0.3, -0.25) is 0 Å². The van der Waals surface area contributed by atoms with E-state index in [4.69, 9.17) is 11.6 Å². The van der Waals surface area contributed by atoms with Crippen LogP contribution in [0.4, 0.5) is 5.95 Å². The molecule has 0 radical (unpaired) electrons. The summed E-state index contributed by atoms with van der Waals surface area (Å²) >= 11 is 6.29. The highest BCUT2D eigenvalue weighted by atomic mass is 35.5. The molecule has 102 valence electrons. The fourth-order valence-electron chi connectivity index (χ4n) is 2.38. The Labute approximate surface area is 122 Å². The van der Waals surface area contributed by atoms with Crippen molar-refractivity contribution in [3.8, 4) is 11.3 Å². The van der Waals surface area contributed by atoms with Gasteiger partial charge in [-0.05, 0) is 30.7 Å². The molecule has 0 amide bonds. The molecular weight excluding hydrogens is 272 g/mol. The highest BCUT2D eigenvalue weighted by Gasteiger charge is 2.13. The molecule has 1 N–H and O–H groups in total. The third-order valence-corrected chi connectivity index (χ3v) is 3.65. The minimum Gasteiger partial charge on any atom is -0.357 e. The van der Waals surface area contributed by atoms with Gasteiger partial charge in [-0.2, -0.15) is 0 Å². The zero-order chi connectivity index (χ0) is 14.3. The SMILES string of the molecule is CNc1ncc(Cl)c(-c2cc(C)cc3c2ccn3C)n1. The fraction of sp³-hybridized carbons (Fsp3) is 0.200. The molecule has 5 heteroatoms. The molecule has 2 aromatic heterocycles. The summed E-state index contributed by atoms with van der Waals surface area (Å²) in [5.74, 6) is 0.565. The Kier molecular flexibility index (Phi) is 3.10. The van der Waals surface area contributed by atoms with Gasteiger partial charge in [0.1, 0.15) is 0 Å². The molecule has 4 nitrogen and oxygen atoms in total. The summed E-state index contributed by atoms with van der Waals surface area (Å²) in [6.07, 6.45) is 3.68. The fourth-order valence-corrected chi connectivity index (χ4v) is 2.58. The maximum Gasteiger partial charge on any atom is 0.223 e. The highest BCUT2D eigenvalue weighted by molar-refractivity contribution is 6.33. The Hall–Kier alpha value is -2.07. The molecule has 0 atom stereocenters. The minimum atomic E-state index is 0.555. The van der Waals surface area contributed by atoms with Gasteiger partial charge >= 0.3 is 0 Å². The molecule has 1 aromatic carbocycles. The smallest absolute Gasteiger partial charge is 0.223 e. The van der Waals surface area contributed by atoms with Crippen molar-refractivity contribution in [1.29, 1.82) is 0 Å². The van der Waals surface area contributed by atoms with Crippen molar-refractivity contribution in [1.82, 2.24) is 14.5 Å². The van der Waals surface area contributed by atoms with E-state index in [-0.39, 0.29) is 0 Å². The van der Waals surface area contributed by atoms with Gasteiger partial charge in [-0.1, -0.05) is 11.6 Å². The number of hydrogen-bond acceptors (Lipinski definition) is 3. The summed E-state index contributed by atoms with van der Waals surface area (Å²) in [6.45, 7) is 2.07. The molecule has 3 aromatic rings. The van der Waals surface area contributed by atoms with Crippen LogP contribution in [-0.2, 0) is 7.05 Å². The molecule has 0 fully saturated rings. The second-order valence-corrected chi connectivity index (χ2v) is 5.22. The van der Waals surface area contributed by atoms with E-state index < -0.39 is 0 Å². The Morgan fingerprint density at radius 2 is 2.10 bits per heavy atom. The third-order valence-electron chi connectivity index (χ3n) is 3.37. The van der Waals surface area contributed by atoms with Crippen molar-refractivity contribution in [2.24, 2.45) is 7.05 Å². The van der Waals surface area contributed by atoms with Crippen LogP contribution in [0.5, 0.6) is 0 Å². The summed E-state index contributed by atoms with van der Waals surface area (Å²) in [5, 5.41) is 4.64. The van der Waals surface area contributed by atoms with Gasteiger partial charge in [0.15, 0.2) is 0 Å². The molecule has 0 bridgehead atoms. The predicted octanol–water partition coefficient (Wildman–Crippen LogP) is 3.64. The molecule has 0 unspecified atom stereocenters. The molecule has 0 aliphatic rings. The van der Waals surface area contributed by atoms with Crippen molar-refractivity contribution in [2.75, 3.05) is 12.4 Å². The van der Waals surface area contributed by atoms with Crippen LogP contribution >= 0.6 is 11.6 Å².